The van der Waals surface area contributed by atoms with Crippen LogP contribution in [0.1, 0.15) is 33.6 Å². The van der Waals surface area contributed by atoms with Crippen LogP contribution in [-0.4, -0.2) is 12.6 Å². The number of terminal acetylenes is 1. The fourth-order valence-electron chi connectivity index (χ4n) is 2.36. The van der Waals surface area contributed by atoms with Crippen molar-refractivity contribution in [3.63, 3.8) is 0 Å². The van der Waals surface area contributed by atoms with Crippen LogP contribution in [-0.2, 0) is 0 Å². The Morgan fingerprint density at radius 2 is 2.17 bits per heavy atom. The highest BCUT2D eigenvalue weighted by Gasteiger charge is 2.35. The summed E-state index contributed by atoms with van der Waals surface area (Å²) in [5, 5.41) is 3.40. The summed E-state index contributed by atoms with van der Waals surface area (Å²) in [6.07, 6.45) is 7.78. The Morgan fingerprint density at radius 3 is 2.58 bits per heavy atom. The zero-order valence-corrected chi connectivity index (χ0v) is 8.35. The summed E-state index contributed by atoms with van der Waals surface area (Å²) in [4.78, 5) is 0. The highest BCUT2D eigenvalue weighted by Crippen LogP contribution is 2.40. The molecular formula is C11H19N. The van der Waals surface area contributed by atoms with Gasteiger partial charge in [0.05, 0.1) is 6.54 Å². The zero-order valence-electron chi connectivity index (χ0n) is 8.35. The predicted molar refractivity (Wildman–Crippen MR) is 52.8 cm³/mol. The second-order valence-electron chi connectivity index (χ2n) is 4.74. The molecule has 0 heterocycles. The molecule has 0 aliphatic heterocycles. The van der Waals surface area contributed by atoms with Crippen LogP contribution in [0, 0.1) is 23.7 Å². The predicted octanol–water partition coefficient (Wildman–Crippen LogP) is 2.03. The van der Waals surface area contributed by atoms with E-state index in [2.05, 4.69) is 32.0 Å². The third-order valence-corrected chi connectivity index (χ3v) is 2.80. The van der Waals surface area contributed by atoms with Crippen LogP contribution in [0.5, 0.6) is 0 Å². The van der Waals surface area contributed by atoms with Gasteiger partial charge in [0, 0.05) is 6.04 Å². The molecule has 1 nitrogen and oxygen atoms in total. The summed E-state index contributed by atoms with van der Waals surface area (Å²) >= 11 is 0. The van der Waals surface area contributed by atoms with E-state index < -0.39 is 0 Å². The van der Waals surface area contributed by atoms with E-state index in [9.17, 15) is 0 Å². The van der Waals surface area contributed by atoms with Gasteiger partial charge in [-0.1, -0.05) is 26.7 Å². The molecule has 0 aromatic carbocycles. The molecule has 2 atom stereocenters. The van der Waals surface area contributed by atoms with Gasteiger partial charge in [0.1, 0.15) is 0 Å². The smallest absolute Gasteiger partial charge is 0.0576 e. The first-order valence-electron chi connectivity index (χ1n) is 4.72. The number of hydrogen-bond donors (Lipinski definition) is 1. The molecule has 1 aliphatic carbocycles. The third-order valence-electron chi connectivity index (χ3n) is 2.80. The van der Waals surface area contributed by atoms with Crippen molar-refractivity contribution in [3.8, 4) is 12.3 Å². The maximum Gasteiger partial charge on any atom is 0.0576 e. The average Bonchev–Trinajstić information content (AvgIpc) is 2.20. The molecule has 68 valence electrons. The van der Waals surface area contributed by atoms with Crippen molar-refractivity contribution in [1.29, 1.82) is 0 Å². The van der Waals surface area contributed by atoms with Crippen molar-refractivity contribution in [1.82, 2.24) is 5.32 Å². The first-order chi connectivity index (χ1) is 5.55. The minimum Gasteiger partial charge on any atom is -0.303 e. The fourth-order valence-corrected chi connectivity index (χ4v) is 2.36. The van der Waals surface area contributed by atoms with Crippen LogP contribution >= 0.6 is 0 Å². The molecule has 1 saturated carbocycles. The standard InChI is InChI=1S/C11H19N/c1-5-6-12-10-8-11(3,4)7-9(10)2/h1,9-10,12H,6-8H2,2-4H3. The van der Waals surface area contributed by atoms with Gasteiger partial charge in [-0.2, -0.15) is 0 Å². The number of nitrogens with one attached hydrogen (secondary N) is 1. The highest BCUT2D eigenvalue weighted by atomic mass is 14.9. The molecule has 0 aromatic heterocycles. The van der Waals surface area contributed by atoms with E-state index in [1.165, 1.54) is 12.8 Å². The van der Waals surface area contributed by atoms with Gasteiger partial charge >= 0.3 is 0 Å². The summed E-state index contributed by atoms with van der Waals surface area (Å²) in [5.41, 5.74) is 0.506. The lowest BCUT2D eigenvalue weighted by Gasteiger charge is -2.17. The van der Waals surface area contributed by atoms with E-state index in [0.29, 0.717) is 18.0 Å². The minimum absolute atomic E-state index is 0.506. The summed E-state index contributed by atoms with van der Waals surface area (Å²) < 4.78 is 0. The Labute approximate surface area is 75.9 Å². The van der Waals surface area contributed by atoms with E-state index >= 15 is 0 Å². The van der Waals surface area contributed by atoms with Crippen molar-refractivity contribution in [2.45, 2.75) is 39.7 Å². The summed E-state index contributed by atoms with van der Waals surface area (Å²) in [5.74, 6) is 3.40. The molecule has 1 fully saturated rings. The molecule has 1 N–H and O–H groups in total. The average molecular weight is 165 g/mol. The molecule has 1 rings (SSSR count). The van der Waals surface area contributed by atoms with Gasteiger partial charge in [-0.25, -0.2) is 0 Å². The Kier molecular flexibility index (Phi) is 2.80. The first kappa shape index (κ1) is 9.61. The van der Waals surface area contributed by atoms with Gasteiger partial charge in [0.15, 0.2) is 0 Å². The molecule has 1 aliphatic rings. The Hall–Kier alpha value is -0.480. The molecular weight excluding hydrogens is 146 g/mol. The molecule has 0 radical (unpaired) electrons. The zero-order chi connectivity index (χ0) is 9.19. The molecule has 0 aromatic rings. The van der Waals surface area contributed by atoms with E-state index in [1.807, 2.05) is 0 Å². The van der Waals surface area contributed by atoms with Gasteiger partial charge < -0.3 is 5.32 Å². The summed E-state index contributed by atoms with van der Waals surface area (Å²) in [7, 11) is 0. The lowest BCUT2D eigenvalue weighted by atomic mass is 9.91. The molecule has 1 heteroatoms. The van der Waals surface area contributed by atoms with Gasteiger partial charge in [-0.15, -0.1) is 6.42 Å². The summed E-state index contributed by atoms with van der Waals surface area (Å²) in [6, 6.07) is 0.635. The summed E-state index contributed by atoms with van der Waals surface area (Å²) in [6.45, 7) is 7.69. The van der Waals surface area contributed by atoms with E-state index in [1.54, 1.807) is 0 Å². The number of rotatable bonds is 2. The quantitative estimate of drug-likeness (QED) is 0.617. The maximum atomic E-state index is 5.21. The Bertz CT molecular complexity index is 188. The van der Waals surface area contributed by atoms with Crippen molar-refractivity contribution < 1.29 is 0 Å². The molecule has 12 heavy (non-hydrogen) atoms. The van der Waals surface area contributed by atoms with Gasteiger partial charge in [-0.05, 0) is 24.2 Å². The van der Waals surface area contributed by atoms with Crippen LogP contribution < -0.4 is 5.32 Å². The van der Waals surface area contributed by atoms with Crippen molar-refractivity contribution in [3.05, 3.63) is 0 Å². The maximum absolute atomic E-state index is 5.21. The van der Waals surface area contributed by atoms with Crippen molar-refractivity contribution >= 4 is 0 Å². The normalized spacial score (nSPS) is 33.2. The molecule has 2 unspecified atom stereocenters. The third kappa shape index (κ3) is 2.25. The van der Waals surface area contributed by atoms with Crippen molar-refractivity contribution in [2.24, 2.45) is 11.3 Å². The minimum atomic E-state index is 0.506. The van der Waals surface area contributed by atoms with E-state index in [4.69, 9.17) is 6.42 Å². The largest absolute Gasteiger partial charge is 0.303 e. The van der Waals surface area contributed by atoms with Gasteiger partial charge in [-0.3, -0.25) is 0 Å². The van der Waals surface area contributed by atoms with Gasteiger partial charge in [0.25, 0.3) is 0 Å². The molecule has 0 spiro atoms. The Morgan fingerprint density at radius 1 is 1.50 bits per heavy atom. The molecule has 0 bridgehead atoms. The Balaban J connectivity index is 2.42. The topological polar surface area (TPSA) is 12.0 Å². The monoisotopic (exact) mass is 165 g/mol. The first-order valence-corrected chi connectivity index (χ1v) is 4.72. The number of hydrogen-bond acceptors (Lipinski definition) is 1. The van der Waals surface area contributed by atoms with Crippen LogP contribution in [0.15, 0.2) is 0 Å². The van der Waals surface area contributed by atoms with Gasteiger partial charge in [0.2, 0.25) is 0 Å². The second kappa shape index (κ2) is 3.49. The SMILES string of the molecule is C#CCNC1CC(C)(C)CC1C. The van der Waals surface area contributed by atoms with Crippen LogP contribution in [0.3, 0.4) is 0 Å². The van der Waals surface area contributed by atoms with Crippen LogP contribution in [0.2, 0.25) is 0 Å². The van der Waals surface area contributed by atoms with Crippen LogP contribution in [0.4, 0.5) is 0 Å². The molecule has 0 saturated heterocycles. The van der Waals surface area contributed by atoms with Crippen molar-refractivity contribution in [2.75, 3.05) is 6.54 Å². The van der Waals surface area contributed by atoms with E-state index in [0.717, 1.165) is 5.92 Å². The lowest BCUT2D eigenvalue weighted by molar-refractivity contribution is 0.363. The highest BCUT2D eigenvalue weighted by molar-refractivity contribution is 4.95. The lowest BCUT2D eigenvalue weighted by Crippen LogP contribution is -2.31. The fraction of sp³-hybridized carbons (Fsp3) is 0.818. The molecule has 0 amide bonds. The van der Waals surface area contributed by atoms with E-state index in [-0.39, 0.29) is 0 Å². The second-order valence-corrected chi connectivity index (χ2v) is 4.74. The van der Waals surface area contributed by atoms with Crippen LogP contribution in [0.25, 0.3) is 0 Å².